The van der Waals surface area contributed by atoms with Gasteiger partial charge in [0.25, 0.3) is 0 Å². The zero-order valence-corrected chi connectivity index (χ0v) is 13.8. The van der Waals surface area contributed by atoms with Gasteiger partial charge in [0.05, 0.1) is 0 Å². The topological polar surface area (TPSA) is 41.1 Å². The largest absolute Gasteiger partial charge is 0.356 e. The second-order valence-corrected chi connectivity index (χ2v) is 6.60. The van der Waals surface area contributed by atoms with Gasteiger partial charge in [-0.15, -0.1) is 12.4 Å². The summed E-state index contributed by atoms with van der Waals surface area (Å²) in [7, 11) is 0. The summed E-state index contributed by atoms with van der Waals surface area (Å²) in [5, 5.41) is 6.45. The number of benzene rings is 1. The van der Waals surface area contributed by atoms with E-state index >= 15 is 0 Å². The minimum atomic E-state index is 0. The first-order valence-electron chi connectivity index (χ1n) is 7.59. The zero-order valence-electron chi connectivity index (χ0n) is 13.0. The van der Waals surface area contributed by atoms with Crippen molar-refractivity contribution < 1.29 is 4.79 Å². The summed E-state index contributed by atoms with van der Waals surface area (Å²) in [4.78, 5) is 11.9. The highest BCUT2D eigenvalue weighted by Crippen LogP contribution is 2.20. The fourth-order valence-electron chi connectivity index (χ4n) is 2.78. The zero-order chi connectivity index (χ0) is 14.4. The van der Waals surface area contributed by atoms with Gasteiger partial charge in [0.1, 0.15) is 0 Å². The fourth-order valence-corrected chi connectivity index (χ4v) is 2.78. The number of hydrogen-bond donors (Lipinski definition) is 2. The third-order valence-electron chi connectivity index (χ3n) is 3.88. The molecule has 118 valence electrons. The third-order valence-corrected chi connectivity index (χ3v) is 3.88. The quantitative estimate of drug-likeness (QED) is 0.848. The molecule has 0 aromatic heterocycles. The smallest absolute Gasteiger partial charge is 0.221 e. The Balaban J connectivity index is 0.00000220. The van der Waals surface area contributed by atoms with Crippen molar-refractivity contribution in [2.75, 3.05) is 13.1 Å². The summed E-state index contributed by atoms with van der Waals surface area (Å²) in [6.07, 6.45) is 3.91. The molecule has 0 spiro atoms. The monoisotopic (exact) mass is 310 g/mol. The molecule has 0 radical (unpaired) electrons. The van der Waals surface area contributed by atoms with Crippen LogP contribution in [0.2, 0.25) is 0 Å². The maximum Gasteiger partial charge on any atom is 0.221 e. The van der Waals surface area contributed by atoms with E-state index in [1.165, 1.54) is 12.0 Å². The van der Waals surface area contributed by atoms with Crippen molar-refractivity contribution >= 4 is 18.3 Å². The first kappa shape index (κ1) is 18.0. The summed E-state index contributed by atoms with van der Waals surface area (Å²) >= 11 is 0. The lowest BCUT2D eigenvalue weighted by Gasteiger charge is -2.25. The number of carbonyl (C=O) groups is 1. The van der Waals surface area contributed by atoms with E-state index in [0.717, 1.165) is 25.9 Å². The molecule has 0 saturated carbocycles. The highest BCUT2D eigenvalue weighted by atomic mass is 35.5. The van der Waals surface area contributed by atoms with Crippen molar-refractivity contribution in [3.63, 3.8) is 0 Å². The van der Waals surface area contributed by atoms with E-state index < -0.39 is 0 Å². The average Bonchev–Trinajstić information content (AvgIpc) is 2.90. The molecule has 2 rings (SSSR count). The van der Waals surface area contributed by atoms with Gasteiger partial charge in [0, 0.05) is 19.0 Å². The molecule has 0 bridgehead atoms. The Hall–Kier alpha value is -1.06. The molecule has 2 N–H and O–H groups in total. The van der Waals surface area contributed by atoms with E-state index in [9.17, 15) is 4.79 Å². The van der Waals surface area contributed by atoms with Gasteiger partial charge in [-0.2, -0.15) is 0 Å². The molecule has 1 atom stereocenters. The van der Waals surface area contributed by atoms with Crippen LogP contribution in [0.15, 0.2) is 30.3 Å². The van der Waals surface area contributed by atoms with Gasteiger partial charge in [-0.05, 0) is 36.8 Å². The van der Waals surface area contributed by atoms with Crippen LogP contribution in [0, 0.1) is 5.41 Å². The second-order valence-electron chi connectivity index (χ2n) is 6.60. The Morgan fingerprint density at radius 2 is 2.05 bits per heavy atom. The Kier molecular flexibility index (Phi) is 7.20. The average molecular weight is 311 g/mol. The molecule has 1 heterocycles. The molecule has 1 saturated heterocycles. The third kappa shape index (κ3) is 6.49. The lowest BCUT2D eigenvalue weighted by Crippen LogP contribution is -2.38. The van der Waals surface area contributed by atoms with Gasteiger partial charge < -0.3 is 10.6 Å². The predicted molar refractivity (Wildman–Crippen MR) is 89.8 cm³/mol. The number of hydrogen-bond acceptors (Lipinski definition) is 2. The molecule has 1 aromatic carbocycles. The van der Waals surface area contributed by atoms with E-state index in [1.807, 2.05) is 6.07 Å². The normalized spacial score (nSPS) is 18.1. The molecule has 1 aromatic rings. The summed E-state index contributed by atoms with van der Waals surface area (Å²) < 4.78 is 0. The summed E-state index contributed by atoms with van der Waals surface area (Å²) in [5.41, 5.74) is 1.41. The molecular weight excluding hydrogens is 284 g/mol. The van der Waals surface area contributed by atoms with Crippen LogP contribution in [0.4, 0.5) is 0 Å². The summed E-state index contributed by atoms with van der Waals surface area (Å²) in [6.45, 7) is 6.19. The molecule has 4 heteroatoms. The SMILES string of the molecule is CC(C)(CNC(=O)CC1CCCN1)Cc1ccccc1.Cl. The lowest BCUT2D eigenvalue weighted by atomic mass is 9.85. The van der Waals surface area contributed by atoms with Crippen LogP contribution < -0.4 is 10.6 Å². The molecule has 0 aliphatic carbocycles. The van der Waals surface area contributed by atoms with Crippen LogP contribution in [0.3, 0.4) is 0 Å². The molecule has 1 unspecified atom stereocenters. The standard InChI is InChI=1S/C17H26N2O.ClH/c1-17(2,12-14-7-4-3-5-8-14)13-19-16(20)11-15-9-6-10-18-15;/h3-5,7-8,15,18H,6,9-13H2,1-2H3,(H,19,20);1H. The van der Waals surface area contributed by atoms with E-state index in [-0.39, 0.29) is 23.7 Å². The molecule has 3 nitrogen and oxygen atoms in total. The van der Waals surface area contributed by atoms with Crippen molar-refractivity contribution in [2.45, 2.75) is 45.6 Å². The summed E-state index contributed by atoms with van der Waals surface area (Å²) in [5.74, 6) is 0.172. The minimum absolute atomic E-state index is 0. The van der Waals surface area contributed by atoms with Crippen LogP contribution in [-0.2, 0) is 11.2 Å². The van der Waals surface area contributed by atoms with Crippen LogP contribution in [0.25, 0.3) is 0 Å². The Labute approximate surface area is 134 Å². The minimum Gasteiger partial charge on any atom is -0.356 e. The van der Waals surface area contributed by atoms with Gasteiger partial charge >= 0.3 is 0 Å². The number of amides is 1. The van der Waals surface area contributed by atoms with Crippen LogP contribution >= 0.6 is 12.4 Å². The number of nitrogens with one attached hydrogen (secondary N) is 2. The van der Waals surface area contributed by atoms with Crippen molar-refractivity contribution in [3.8, 4) is 0 Å². The number of carbonyl (C=O) groups excluding carboxylic acids is 1. The first-order chi connectivity index (χ1) is 9.55. The Bertz CT molecular complexity index is 428. The molecule has 1 fully saturated rings. The van der Waals surface area contributed by atoms with E-state index in [2.05, 4.69) is 48.7 Å². The molecular formula is C17H27ClN2O. The van der Waals surface area contributed by atoms with Crippen LogP contribution in [0.5, 0.6) is 0 Å². The molecule has 1 aliphatic rings. The first-order valence-corrected chi connectivity index (χ1v) is 7.59. The second kappa shape index (κ2) is 8.40. The van der Waals surface area contributed by atoms with Crippen molar-refractivity contribution in [3.05, 3.63) is 35.9 Å². The highest BCUT2D eigenvalue weighted by molar-refractivity contribution is 5.85. The predicted octanol–water partition coefficient (Wildman–Crippen LogP) is 2.94. The van der Waals surface area contributed by atoms with E-state index in [0.29, 0.717) is 12.5 Å². The van der Waals surface area contributed by atoms with Crippen molar-refractivity contribution in [1.82, 2.24) is 10.6 Å². The van der Waals surface area contributed by atoms with Gasteiger partial charge in [-0.3, -0.25) is 4.79 Å². The van der Waals surface area contributed by atoms with Crippen molar-refractivity contribution in [1.29, 1.82) is 0 Å². The Morgan fingerprint density at radius 3 is 2.67 bits per heavy atom. The van der Waals surface area contributed by atoms with Gasteiger partial charge in [0.2, 0.25) is 5.91 Å². The van der Waals surface area contributed by atoms with Crippen LogP contribution in [-0.4, -0.2) is 25.0 Å². The molecule has 21 heavy (non-hydrogen) atoms. The lowest BCUT2D eigenvalue weighted by molar-refractivity contribution is -0.121. The van der Waals surface area contributed by atoms with Crippen LogP contribution in [0.1, 0.15) is 38.7 Å². The van der Waals surface area contributed by atoms with E-state index in [1.54, 1.807) is 0 Å². The maximum absolute atomic E-state index is 11.9. The Morgan fingerprint density at radius 1 is 1.33 bits per heavy atom. The van der Waals surface area contributed by atoms with Gasteiger partial charge in [-0.1, -0.05) is 44.2 Å². The van der Waals surface area contributed by atoms with E-state index in [4.69, 9.17) is 0 Å². The van der Waals surface area contributed by atoms with Gasteiger partial charge in [0.15, 0.2) is 0 Å². The molecule has 1 aliphatic heterocycles. The maximum atomic E-state index is 11.9. The molecule has 1 amide bonds. The van der Waals surface area contributed by atoms with Crippen molar-refractivity contribution in [2.24, 2.45) is 5.41 Å². The number of rotatable bonds is 6. The summed E-state index contributed by atoms with van der Waals surface area (Å²) in [6, 6.07) is 10.8. The fraction of sp³-hybridized carbons (Fsp3) is 0.588. The highest BCUT2D eigenvalue weighted by Gasteiger charge is 2.21. The van der Waals surface area contributed by atoms with Gasteiger partial charge in [-0.25, -0.2) is 0 Å². The number of halogens is 1.